The molecule has 1 aromatic carbocycles. The van der Waals surface area contributed by atoms with Gasteiger partial charge in [0, 0.05) is 0 Å². The Kier molecular flexibility index (Phi) is 3.30. The molecule has 3 nitrogen and oxygen atoms in total. The first kappa shape index (κ1) is 11.6. The number of benzene rings is 1. The van der Waals surface area contributed by atoms with Crippen LogP contribution in [0.4, 0.5) is 0 Å². The number of hydrogen-bond donors (Lipinski definition) is 1. The Morgan fingerprint density at radius 2 is 1.81 bits per heavy atom. The topological polar surface area (TPSA) is 60.2 Å². The van der Waals surface area contributed by atoms with Crippen molar-refractivity contribution in [2.45, 2.75) is 42.9 Å². The van der Waals surface area contributed by atoms with Crippen molar-refractivity contribution in [1.29, 1.82) is 0 Å². The average molecular weight is 239 g/mol. The fourth-order valence-electron chi connectivity index (χ4n) is 2.38. The van der Waals surface area contributed by atoms with Crippen LogP contribution in [-0.4, -0.2) is 8.42 Å². The van der Waals surface area contributed by atoms with Crippen LogP contribution in [0.1, 0.15) is 43.6 Å². The molecule has 0 heterocycles. The van der Waals surface area contributed by atoms with Crippen LogP contribution >= 0.6 is 0 Å². The van der Waals surface area contributed by atoms with Gasteiger partial charge in [-0.15, -0.1) is 0 Å². The summed E-state index contributed by atoms with van der Waals surface area (Å²) in [4.78, 5) is 0.232. The van der Waals surface area contributed by atoms with E-state index in [0.717, 1.165) is 18.4 Å². The minimum absolute atomic E-state index is 0.232. The van der Waals surface area contributed by atoms with Gasteiger partial charge in [0.15, 0.2) is 0 Å². The molecular weight excluding hydrogens is 222 g/mol. The summed E-state index contributed by atoms with van der Waals surface area (Å²) in [6.45, 7) is 0. The molecule has 0 aliphatic heterocycles. The predicted molar refractivity (Wildman–Crippen MR) is 63.6 cm³/mol. The van der Waals surface area contributed by atoms with Gasteiger partial charge >= 0.3 is 0 Å². The van der Waals surface area contributed by atoms with Gasteiger partial charge in [0.05, 0.1) is 4.90 Å². The lowest BCUT2D eigenvalue weighted by Crippen LogP contribution is -2.13. The van der Waals surface area contributed by atoms with Gasteiger partial charge < -0.3 is 0 Å². The predicted octanol–water partition coefficient (Wildman–Crippen LogP) is 2.38. The largest absolute Gasteiger partial charge is 0.238 e. The molecule has 1 aromatic rings. The molecule has 0 saturated heterocycles. The molecule has 0 radical (unpaired) electrons. The van der Waals surface area contributed by atoms with Crippen molar-refractivity contribution >= 4 is 10.0 Å². The van der Waals surface area contributed by atoms with Crippen LogP contribution in [0.2, 0.25) is 0 Å². The zero-order valence-corrected chi connectivity index (χ0v) is 10.0. The zero-order chi connectivity index (χ0) is 11.6. The highest BCUT2D eigenvalue weighted by Crippen LogP contribution is 2.33. The van der Waals surface area contributed by atoms with Gasteiger partial charge in [0.25, 0.3) is 0 Å². The fourth-order valence-corrected chi connectivity index (χ4v) is 2.95. The Labute approximate surface area is 96.7 Å². The molecule has 16 heavy (non-hydrogen) atoms. The van der Waals surface area contributed by atoms with Crippen molar-refractivity contribution in [3.8, 4) is 0 Å². The highest BCUT2D eigenvalue weighted by atomic mass is 32.2. The van der Waals surface area contributed by atoms with Crippen LogP contribution in [0.15, 0.2) is 29.2 Å². The molecule has 0 spiro atoms. The lowest BCUT2D eigenvalue weighted by Gasteiger charge is -2.22. The van der Waals surface area contributed by atoms with Crippen LogP contribution < -0.4 is 5.14 Å². The first-order valence-corrected chi connectivity index (χ1v) is 7.25. The molecule has 0 amide bonds. The summed E-state index contributed by atoms with van der Waals surface area (Å²) >= 11 is 0. The van der Waals surface area contributed by atoms with E-state index in [0.29, 0.717) is 5.92 Å². The van der Waals surface area contributed by atoms with Crippen molar-refractivity contribution in [1.82, 2.24) is 0 Å². The van der Waals surface area contributed by atoms with Gasteiger partial charge in [-0.1, -0.05) is 31.4 Å². The van der Waals surface area contributed by atoms with E-state index in [1.54, 1.807) is 18.2 Å². The molecule has 0 unspecified atom stereocenters. The number of nitrogens with two attached hydrogens (primary N) is 1. The zero-order valence-electron chi connectivity index (χ0n) is 9.22. The second-order valence-corrected chi connectivity index (χ2v) is 6.01. The fraction of sp³-hybridized carbons (Fsp3) is 0.500. The van der Waals surface area contributed by atoms with Crippen molar-refractivity contribution in [3.63, 3.8) is 0 Å². The minimum Gasteiger partial charge on any atom is -0.225 e. The Balaban J connectivity index is 2.28. The number of primary sulfonamides is 1. The summed E-state index contributed by atoms with van der Waals surface area (Å²) in [6, 6.07) is 7.07. The maximum Gasteiger partial charge on any atom is 0.238 e. The van der Waals surface area contributed by atoms with E-state index >= 15 is 0 Å². The van der Waals surface area contributed by atoms with Crippen molar-refractivity contribution in [3.05, 3.63) is 29.8 Å². The summed E-state index contributed by atoms with van der Waals surface area (Å²) in [5.74, 6) is 0.510. The second-order valence-electron chi connectivity index (χ2n) is 4.45. The van der Waals surface area contributed by atoms with Crippen molar-refractivity contribution < 1.29 is 8.42 Å². The highest BCUT2D eigenvalue weighted by Gasteiger charge is 2.17. The minimum atomic E-state index is -3.56. The summed E-state index contributed by atoms with van der Waals surface area (Å²) < 4.78 is 22.5. The lowest BCUT2D eigenvalue weighted by molar-refractivity contribution is 0.443. The summed E-state index contributed by atoms with van der Waals surface area (Å²) in [5, 5.41) is 5.13. The highest BCUT2D eigenvalue weighted by molar-refractivity contribution is 7.89. The monoisotopic (exact) mass is 239 g/mol. The van der Waals surface area contributed by atoms with E-state index in [4.69, 9.17) is 5.14 Å². The standard InChI is InChI=1S/C12H17NO2S/c13-16(14,15)12-8-4-7-11(9-12)10-5-2-1-3-6-10/h4,7-10H,1-3,5-6H2,(H2,13,14,15). The average Bonchev–Trinajstić information content (AvgIpc) is 2.29. The molecule has 1 fully saturated rings. The van der Waals surface area contributed by atoms with Gasteiger partial charge in [0.2, 0.25) is 10.0 Å². The van der Waals surface area contributed by atoms with Gasteiger partial charge in [-0.2, -0.15) is 0 Å². The molecule has 0 atom stereocenters. The molecule has 88 valence electrons. The van der Waals surface area contributed by atoms with E-state index in [1.807, 2.05) is 6.07 Å². The first-order chi connectivity index (χ1) is 7.57. The van der Waals surface area contributed by atoms with E-state index in [-0.39, 0.29) is 4.90 Å². The van der Waals surface area contributed by atoms with E-state index in [1.165, 1.54) is 19.3 Å². The van der Waals surface area contributed by atoms with E-state index in [9.17, 15) is 8.42 Å². The molecule has 1 aliphatic carbocycles. The quantitative estimate of drug-likeness (QED) is 0.861. The molecule has 2 N–H and O–H groups in total. The molecule has 1 saturated carbocycles. The number of rotatable bonds is 2. The normalized spacial score (nSPS) is 18.6. The Morgan fingerprint density at radius 1 is 1.12 bits per heavy atom. The lowest BCUT2D eigenvalue weighted by atomic mass is 9.84. The first-order valence-electron chi connectivity index (χ1n) is 5.70. The SMILES string of the molecule is NS(=O)(=O)c1cccc(C2CCCCC2)c1. The van der Waals surface area contributed by atoms with Gasteiger partial charge in [-0.25, -0.2) is 13.6 Å². The third-order valence-electron chi connectivity index (χ3n) is 3.26. The van der Waals surface area contributed by atoms with Crippen LogP contribution in [-0.2, 0) is 10.0 Å². The molecule has 0 bridgehead atoms. The van der Waals surface area contributed by atoms with Gasteiger partial charge in [-0.05, 0) is 36.5 Å². The van der Waals surface area contributed by atoms with Crippen LogP contribution in [0, 0.1) is 0 Å². The Morgan fingerprint density at radius 3 is 2.44 bits per heavy atom. The third-order valence-corrected chi connectivity index (χ3v) is 4.17. The molecule has 0 aromatic heterocycles. The second kappa shape index (κ2) is 4.55. The van der Waals surface area contributed by atoms with Crippen molar-refractivity contribution in [2.24, 2.45) is 5.14 Å². The third kappa shape index (κ3) is 2.62. The van der Waals surface area contributed by atoms with Gasteiger partial charge in [0.1, 0.15) is 0 Å². The summed E-state index contributed by atoms with van der Waals surface area (Å²) in [7, 11) is -3.56. The van der Waals surface area contributed by atoms with Crippen LogP contribution in [0.3, 0.4) is 0 Å². The maximum atomic E-state index is 11.2. The van der Waals surface area contributed by atoms with E-state index < -0.39 is 10.0 Å². The summed E-state index contributed by atoms with van der Waals surface area (Å²) in [6.07, 6.45) is 6.10. The van der Waals surface area contributed by atoms with Gasteiger partial charge in [-0.3, -0.25) is 0 Å². The number of sulfonamides is 1. The number of hydrogen-bond acceptors (Lipinski definition) is 2. The smallest absolute Gasteiger partial charge is 0.225 e. The van der Waals surface area contributed by atoms with Crippen molar-refractivity contribution in [2.75, 3.05) is 0 Å². The van der Waals surface area contributed by atoms with Crippen LogP contribution in [0.5, 0.6) is 0 Å². The Bertz CT molecular complexity index is 462. The molecule has 2 rings (SSSR count). The Hall–Kier alpha value is -0.870. The molecule has 1 aliphatic rings. The summed E-state index contributed by atoms with van der Waals surface area (Å²) in [5.41, 5.74) is 1.12. The molecule has 4 heteroatoms. The van der Waals surface area contributed by atoms with Crippen LogP contribution in [0.25, 0.3) is 0 Å². The maximum absolute atomic E-state index is 11.2. The van der Waals surface area contributed by atoms with E-state index in [2.05, 4.69) is 0 Å². The molecular formula is C12H17NO2S.